The number of nitrogens with zero attached hydrogens (tertiary/aromatic N) is 1. The molecular formula is C16H28ClN3O9S2. The first-order chi connectivity index (χ1) is 14.2. The van der Waals surface area contributed by atoms with Crippen LogP contribution in [0.15, 0.2) is 17.3 Å². The Morgan fingerprint density at radius 2 is 1.71 bits per heavy atom. The second kappa shape index (κ2) is 13.7. The van der Waals surface area contributed by atoms with Gasteiger partial charge in [-0.25, -0.2) is 0 Å². The van der Waals surface area contributed by atoms with E-state index >= 15 is 0 Å². The molecule has 2 rings (SSSR count). The fourth-order valence-corrected chi connectivity index (χ4v) is 2.52. The number of benzene rings is 1. The number of methoxy groups -OCH3 is 2. The van der Waals surface area contributed by atoms with Gasteiger partial charge < -0.3 is 25.4 Å². The van der Waals surface area contributed by atoms with Crippen LogP contribution in [0.4, 0.5) is 0 Å². The number of hydrogen-bond donors (Lipinski definition) is 4. The summed E-state index contributed by atoms with van der Waals surface area (Å²) in [5.74, 6) is 1.33. The van der Waals surface area contributed by atoms with Gasteiger partial charge >= 0.3 is 0 Å². The number of nitrogens with one attached hydrogen (secondary N) is 1. The Hall–Kier alpha value is -1.68. The molecule has 1 unspecified atom stereocenters. The van der Waals surface area contributed by atoms with Gasteiger partial charge in [-0.2, -0.15) is 16.8 Å². The number of nitrogens with two attached hydrogens (primary N) is 1. The highest BCUT2D eigenvalue weighted by Crippen LogP contribution is 2.36. The first-order valence-electron chi connectivity index (χ1n) is 8.54. The normalized spacial score (nSPS) is 17.2. The SMILES string of the molecule is COc1cc(CO/N=C2\CNCC2CN)cc(Cl)c1OC.CS(=O)(=O)O.CS(=O)(=O)O. The summed E-state index contributed by atoms with van der Waals surface area (Å²) in [5, 5.41) is 7.85. The maximum absolute atomic E-state index is 9.19. The van der Waals surface area contributed by atoms with Crippen molar-refractivity contribution in [2.45, 2.75) is 6.61 Å². The maximum atomic E-state index is 9.19. The monoisotopic (exact) mass is 505 g/mol. The molecule has 5 N–H and O–H groups in total. The summed E-state index contributed by atoms with van der Waals surface area (Å²) in [5.41, 5.74) is 7.48. The molecule has 31 heavy (non-hydrogen) atoms. The number of rotatable bonds is 6. The molecule has 1 fully saturated rings. The van der Waals surface area contributed by atoms with Crippen molar-refractivity contribution in [3.8, 4) is 11.5 Å². The van der Waals surface area contributed by atoms with Gasteiger partial charge in [0.2, 0.25) is 0 Å². The van der Waals surface area contributed by atoms with Crippen molar-refractivity contribution < 1.29 is 40.3 Å². The third-order valence-corrected chi connectivity index (χ3v) is 3.64. The molecule has 180 valence electrons. The van der Waals surface area contributed by atoms with Gasteiger partial charge in [0, 0.05) is 25.6 Å². The van der Waals surface area contributed by atoms with Gasteiger partial charge in [-0.15, -0.1) is 0 Å². The van der Waals surface area contributed by atoms with Crippen LogP contribution in [0.3, 0.4) is 0 Å². The summed E-state index contributed by atoms with van der Waals surface area (Å²) in [6.45, 7) is 2.44. The summed E-state index contributed by atoms with van der Waals surface area (Å²) >= 11 is 6.14. The Bertz CT molecular complexity index is 892. The summed E-state index contributed by atoms with van der Waals surface area (Å²) < 4.78 is 62.2. The molecule has 12 nitrogen and oxygen atoms in total. The molecule has 0 aliphatic carbocycles. The smallest absolute Gasteiger partial charge is 0.261 e. The van der Waals surface area contributed by atoms with Gasteiger partial charge in [0.25, 0.3) is 20.2 Å². The van der Waals surface area contributed by atoms with Crippen molar-refractivity contribution in [1.29, 1.82) is 0 Å². The number of halogens is 1. The maximum Gasteiger partial charge on any atom is 0.261 e. The highest BCUT2D eigenvalue weighted by atomic mass is 35.5. The van der Waals surface area contributed by atoms with Crippen molar-refractivity contribution in [1.82, 2.24) is 5.32 Å². The van der Waals surface area contributed by atoms with E-state index in [1.807, 2.05) is 6.07 Å². The fraction of sp³-hybridized carbons (Fsp3) is 0.562. The van der Waals surface area contributed by atoms with Crippen molar-refractivity contribution >= 4 is 37.5 Å². The molecule has 0 saturated carbocycles. The van der Waals surface area contributed by atoms with Crippen LogP contribution in [-0.4, -0.2) is 78.0 Å². The van der Waals surface area contributed by atoms with Crippen LogP contribution >= 0.6 is 11.6 Å². The summed E-state index contributed by atoms with van der Waals surface area (Å²) in [6.07, 6.45) is 1.43. The van der Waals surface area contributed by atoms with E-state index in [1.165, 1.54) is 0 Å². The fourth-order valence-electron chi connectivity index (χ4n) is 2.21. The topological polar surface area (TPSA) is 187 Å². The molecular weight excluding hydrogens is 478 g/mol. The highest BCUT2D eigenvalue weighted by molar-refractivity contribution is 7.85. The molecule has 1 aromatic rings. The molecule has 0 amide bonds. The lowest BCUT2D eigenvalue weighted by Gasteiger charge is -2.11. The van der Waals surface area contributed by atoms with E-state index in [0.717, 1.165) is 17.8 Å². The van der Waals surface area contributed by atoms with Crippen LogP contribution in [0.1, 0.15) is 5.56 Å². The predicted octanol–water partition coefficient (Wildman–Crippen LogP) is 0.416. The van der Waals surface area contributed by atoms with Gasteiger partial charge in [-0.1, -0.05) is 16.8 Å². The Morgan fingerprint density at radius 1 is 1.16 bits per heavy atom. The van der Waals surface area contributed by atoms with Crippen molar-refractivity contribution in [3.05, 3.63) is 22.7 Å². The van der Waals surface area contributed by atoms with E-state index in [0.29, 0.717) is 48.7 Å². The molecule has 0 radical (unpaired) electrons. The van der Waals surface area contributed by atoms with Gasteiger partial charge in [-0.3, -0.25) is 9.11 Å². The molecule has 1 saturated heterocycles. The lowest BCUT2D eigenvalue weighted by molar-refractivity contribution is 0.129. The first kappa shape index (κ1) is 29.3. The molecule has 1 aromatic carbocycles. The van der Waals surface area contributed by atoms with Crippen molar-refractivity contribution in [2.24, 2.45) is 16.8 Å². The van der Waals surface area contributed by atoms with E-state index in [9.17, 15) is 16.8 Å². The van der Waals surface area contributed by atoms with E-state index in [4.69, 9.17) is 40.8 Å². The predicted molar refractivity (Wildman–Crippen MR) is 117 cm³/mol. The Morgan fingerprint density at radius 3 is 2.16 bits per heavy atom. The van der Waals surface area contributed by atoms with Crippen LogP contribution in [0.5, 0.6) is 11.5 Å². The molecule has 1 atom stereocenters. The minimum Gasteiger partial charge on any atom is -0.493 e. The average molecular weight is 506 g/mol. The summed E-state index contributed by atoms with van der Waals surface area (Å²) in [6, 6.07) is 3.59. The quantitative estimate of drug-likeness (QED) is 0.309. The third kappa shape index (κ3) is 14.9. The van der Waals surface area contributed by atoms with Crippen LogP contribution in [0.2, 0.25) is 5.02 Å². The lowest BCUT2D eigenvalue weighted by Crippen LogP contribution is -2.22. The number of ether oxygens (including phenoxy) is 2. The second-order valence-corrected chi connectivity index (χ2v) is 9.54. The van der Waals surface area contributed by atoms with E-state index in [-0.39, 0.29) is 5.92 Å². The Kier molecular flexibility index (Phi) is 12.9. The number of hydrogen-bond acceptors (Lipinski definition) is 10. The summed E-state index contributed by atoms with van der Waals surface area (Å²) in [4.78, 5) is 5.40. The molecule has 1 aliphatic heterocycles. The standard InChI is InChI=1S/C14H20ClN3O3.2CH4O3S/c1-19-13-4-9(3-11(15)14(13)20-2)8-21-18-12-7-17-6-10(12)5-16;2*1-5(2,3)4/h3-4,10,17H,5-8,16H2,1-2H3;2*1H3,(H,2,3,4)/b18-12+;;. The van der Waals surface area contributed by atoms with Gasteiger partial charge in [-0.05, 0) is 17.7 Å². The molecule has 1 aliphatic rings. The van der Waals surface area contributed by atoms with Crippen LogP contribution in [-0.2, 0) is 31.7 Å². The Balaban J connectivity index is 0.000000752. The van der Waals surface area contributed by atoms with Crippen molar-refractivity contribution in [3.63, 3.8) is 0 Å². The molecule has 0 bridgehead atoms. The van der Waals surface area contributed by atoms with E-state index in [2.05, 4.69) is 10.5 Å². The minimum atomic E-state index is -3.67. The van der Waals surface area contributed by atoms with E-state index in [1.54, 1.807) is 20.3 Å². The first-order valence-corrected chi connectivity index (χ1v) is 12.6. The zero-order chi connectivity index (χ0) is 24.2. The molecule has 15 heteroatoms. The zero-order valence-electron chi connectivity index (χ0n) is 17.5. The van der Waals surface area contributed by atoms with E-state index < -0.39 is 20.2 Å². The van der Waals surface area contributed by atoms with Gasteiger partial charge in [0.15, 0.2) is 11.5 Å². The second-order valence-electron chi connectivity index (χ2n) is 6.20. The minimum absolute atomic E-state index is 0.249. The average Bonchev–Trinajstić information content (AvgIpc) is 3.06. The molecule has 1 heterocycles. The third-order valence-electron chi connectivity index (χ3n) is 3.36. The lowest BCUT2D eigenvalue weighted by atomic mass is 10.1. The zero-order valence-corrected chi connectivity index (χ0v) is 19.9. The Labute approximate surface area is 187 Å². The molecule has 0 aromatic heterocycles. The molecule has 0 spiro atoms. The van der Waals surface area contributed by atoms with Crippen molar-refractivity contribution in [2.75, 3.05) is 46.4 Å². The highest BCUT2D eigenvalue weighted by Gasteiger charge is 2.21. The number of oxime groups is 1. The van der Waals surface area contributed by atoms with Crippen LogP contribution in [0, 0.1) is 5.92 Å². The van der Waals surface area contributed by atoms with Gasteiger partial charge in [0.05, 0.1) is 37.5 Å². The van der Waals surface area contributed by atoms with Crippen LogP contribution < -0.4 is 20.5 Å². The summed E-state index contributed by atoms with van der Waals surface area (Å²) in [7, 11) is -4.22. The van der Waals surface area contributed by atoms with Crippen LogP contribution in [0.25, 0.3) is 0 Å². The van der Waals surface area contributed by atoms with Gasteiger partial charge in [0.1, 0.15) is 6.61 Å². The largest absolute Gasteiger partial charge is 0.493 e.